The van der Waals surface area contributed by atoms with Crippen molar-refractivity contribution in [3.05, 3.63) is 35.9 Å². The van der Waals surface area contributed by atoms with Crippen LogP contribution < -0.4 is 0 Å². The molecule has 0 amide bonds. The molecule has 1 aromatic heterocycles. The number of pyridine rings is 1. The topological polar surface area (TPSA) is 12.9 Å². The predicted octanol–water partition coefficient (Wildman–Crippen LogP) is 3.42. The van der Waals surface area contributed by atoms with E-state index >= 15 is 0 Å². The summed E-state index contributed by atoms with van der Waals surface area (Å²) >= 11 is 0. The zero-order valence-corrected chi connectivity index (χ0v) is 8.33. The second kappa shape index (κ2) is 3.91. The van der Waals surface area contributed by atoms with E-state index < -0.39 is 0 Å². The standard InChI is InChI=1S/C12H14FN/c1-9-4-2-5-10(8-9)11-6-3-7-14-12(11)13/h3,6-9H,2,4-5H2,1H3. The minimum atomic E-state index is -0.340. The van der Waals surface area contributed by atoms with E-state index in [1.807, 2.05) is 6.07 Å². The molecule has 0 spiro atoms. The SMILES string of the molecule is CC1C=C(c2cccnc2F)CCC1. The first kappa shape index (κ1) is 9.38. The predicted molar refractivity (Wildman–Crippen MR) is 55.2 cm³/mol. The molecule has 0 aliphatic heterocycles. The summed E-state index contributed by atoms with van der Waals surface area (Å²) < 4.78 is 13.3. The smallest absolute Gasteiger partial charge is 0.220 e. The van der Waals surface area contributed by atoms with Crippen LogP contribution in [0.5, 0.6) is 0 Å². The number of rotatable bonds is 1. The summed E-state index contributed by atoms with van der Waals surface area (Å²) in [6.45, 7) is 2.17. The highest BCUT2D eigenvalue weighted by Gasteiger charge is 2.14. The molecule has 1 aliphatic rings. The molecule has 2 rings (SSSR count). The van der Waals surface area contributed by atoms with Crippen LogP contribution in [0.4, 0.5) is 4.39 Å². The molecule has 0 fully saturated rings. The molecule has 74 valence electrons. The Morgan fingerprint density at radius 2 is 2.36 bits per heavy atom. The number of halogens is 1. The van der Waals surface area contributed by atoms with E-state index in [-0.39, 0.29) is 5.95 Å². The van der Waals surface area contributed by atoms with Crippen molar-refractivity contribution >= 4 is 5.57 Å². The van der Waals surface area contributed by atoms with Gasteiger partial charge in [0.1, 0.15) is 0 Å². The minimum absolute atomic E-state index is 0.340. The van der Waals surface area contributed by atoms with Crippen LogP contribution in [-0.2, 0) is 0 Å². The van der Waals surface area contributed by atoms with Crippen LogP contribution in [0, 0.1) is 11.9 Å². The first-order valence-corrected chi connectivity index (χ1v) is 5.09. The average Bonchev–Trinajstić information content (AvgIpc) is 2.18. The van der Waals surface area contributed by atoms with Gasteiger partial charge in [0.05, 0.1) is 0 Å². The molecule has 1 heterocycles. The van der Waals surface area contributed by atoms with Crippen molar-refractivity contribution in [3.63, 3.8) is 0 Å². The molecule has 1 atom stereocenters. The maximum Gasteiger partial charge on any atom is 0.220 e. The van der Waals surface area contributed by atoms with Gasteiger partial charge in [-0.3, -0.25) is 0 Å². The van der Waals surface area contributed by atoms with E-state index in [2.05, 4.69) is 18.0 Å². The summed E-state index contributed by atoms with van der Waals surface area (Å²) in [5.41, 5.74) is 1.80. The Balaban J connectivity index is 2.35. The van der Waals surface area contributed by atoms with Gasteiger partial charge in [0.2, 0.25) is 5.95 Å². The number of nitrogens with zero attached hydrogens (tertiary/aromatic N) is 1. The van der Waals surface area contributed by atoms with Crippen LogP contribution in [0.1, 0.15) is 31.7 Å². The molecule has 1 unspecified atom stereocenters. The Bertz CT molecular complexity index is 357. The van der Waals surface area contributed by atoms with Crippen molar-refractivity contribution in [2.75, 3.05) is 0 Å². The highest BCUT2D eigenvalue weighted by atomic mass is 19.1. The Morgan fingerprint density at radius 3 is 3.07 bits per heavy atom. The van der Waals surface area contributed by atoms with Crippen molar-refractivity contribution in [1.82, 2.24) is 4.98 Å². The van der Waals surface area contributed by atoms with Crippen LogP contribution >= 0.6 is 0 Å². The van der Waals surface area contributed by atoms with Gasteiger partial charge in [-0.25, -0.2) is 4.98 Å². The van der Waals surface area contributed by atoms with E-state index in [4.69, 9.17) is 0 Å². The van der Waals surface area contributed by atoms with Crippen molar-refractivity contribution in [3.8, 4) is 0 Å². The summed E-state index contributed by atoms with van der Waals surface area (Å²) in [4.78, 5) is 3.67. The first-order chi connectivity index (χ1) is 6.77. The Hall–Kier alpha value is -1.18. The maximum absolute atomic E-state index is 13.3. The summed E-state index contributed by atoms with van der Waals surface area (Å²) in [5, 5.41) is 0. The van der Waals surface area contributed by atoms with Gasteiger partial charge >= 0.3 is 0 Å². The molecule has 1 aliphatic carbocycles. The quantitative estimate of drug-likeness (QED) is 0.620. The van der Waals surface area contributed by atoms with Crippen molar-refractivity contribution < 1.29 is 4.39 Å². The molecule has 0 aromatic carbocycles. The lowest BCUT2D eigenvalue weighted by Crippen LogP contribution is -2.02. The Labute approximate surface area is 83.7 Å². The highest BCUT2D eigenvalue weighted by Crippen LogP contribution is 2.30. The molecule has 1 aromatic rings. The third-order valence-electron chi connectivity index (χ3n) is 2.70. The summed E-state index contributed by atoms with van der Waals surface area (Å²) in [5.74, 6) is 0.228. The second-order valence-corrected chi connectivity index (χ2v) is 3.90. The molecule has 2 heteroatoms. The van der Waals surface area contributed by atoms with E-state index in [9.17, 15) is 4.39 Å². The number of aromatic nitrogens is 1. The van der Waals surface area contributed by atoms with Crippen LogP contribution in [0.2, 0.25) is 0 Å². The van der Waals surface area contributed by atoms with Crippen LogP contribution in [0.25, 0.3) is 5.57 Å². The average molecular weight is 191 g/mol. The normalized spacial score (nSPS) is 21.9. The fourth-order valence-corrected chi connectivity index (χ4v) is 1.97. The molecule has 1 nitrogen and oxygen atoms in total. The fraction of sp³-hybridized carbons (Fsp3) is 0.417. The van der Waals surface area contributed by atoms with E-state index in [0.717, 1.165) is 18.4 Å². The summed E-state index contributed by atoms with van der Waals surface area (Å²) in [6.07, 6.45) is 7.01. The zero-order valence-electron chi connectivity index (χ0n) is 8.33. The second-order valence-electron chi connectivity index (χ2n) is 3.90. The molecular weight excluding hydrogens is 177 g/mol. The van der Waals surface area contributed by atoms with Gasteiger partial charge in [0.25, 0.3) is 0 Å². The largest absolute Gasteiger partial charge is 0.228 e. The first-order valence-electron chi connectivity index (χ1n) is 5.09. The molecule has 0 saturated carbocycles. The van der Waals surface area contributed by atoms with E-state index in [1.54, 1.807) is 6.07 Å². The van der Waals surface area contributed by atoms with Gasteiger partial charge < -0.3 is 0 Å². The van der Waals surface area contributed by atoms with Gasteiger partial charge in [-0.2, -0.15) is 4.39 Å². The van der Waals surface area contributed by atoms with E-state index in [1.165, 1.54) is 12.6 Å². The van der Waals surface area contributed by atoms with Crippen LogP contribution in [-0.4, -0.2) is 4.98 Å². The lowest BCUT2D eigenvalue weighted by molar-refractivity contribution is 0.567. The molecule has 0 N–H and O–H groups in total. The van der Waals surface area contributed by atoms with Crippen molar-refractivity contribution in [1.29, 1.82) is 0 Å². The van der Waals surface area contributed by atoms with Crippen molar-refractivity contribution in [2.45, 2.75) is 26.2 Å². The number of allylic oxidation sites excluding steroid dienone is 2. The van der Waals surface area contributed by atoms with Crippen LogP contribution in [0.15, 0.2) is 24.4 Å². The summed E-state index contributed by atoms with van der Waals surface area (Å²) in [6, 6.07) is 3.60. The number of hydrogen-bond acceptors (Lipinski definition) is 1. The summed E-state index contributed by atoms with van der Waals surface area (Å²) in [7, 11) is 0. The molecule has 14 heavy (non-hydrogen) atoms. The fourth-order valence-electron chi connectivity index (χ4n) is 1.97. The molecule has 0 saturated heterocycles. The van der Waals surface area contributed by atoms with Crippen LogP contribution in [0.3, 0.4) is 0 Å². The lowest BCUT2D eigenvalue weighted by atomic mass is 9.89. The highest BCUT2D eigenvalue weighted by molar-refractivity contribution is 5.66. The van der Waals surface area contributed by atoms with Gasteiger partial charge in [0, 0.05) is 11.8 Å². The van der Waals surface area contributed by atoms with Gasteiger partial charge in [-0.1, -0.05) is 13.0 Å². The number of hydrogen-bond donors (Lipinski definition) is 0. The maximum atomic E-state index is 13.3. The molecular formula is C12H14FN. The Kier molecular flexibility index (Phi) is 2.62. The molecule has 0 radical (unpaired) electrons. The van der Waals surface area contributed by atoms with Gasteiger partial charge in [0.15, 0.2) is 0 Å². The lowest BCUT2D eigenvalue weighted by Gasteiger charge is -2.17. The Morgan fingerprint density at radius 1 is 1.50 bits per heavy atom. The van der Waals surface area contributed by atoms with Crippen molar-refractivity contribution in [2.24, 2.45) is 5.92 Å². The monoisotopic (exact) mass is 191 g/mol. The third-order valence-corrected chi connectivity index (χ3v) is 2.70. The minimum Gasteiger partial charge on any atom is -0.228 e. The third kappa shape index (κ3) is 1.84. The van der Waals surface area contributed by atoms with Gasteiger partial charge in [-0.05, 0) is 42.9 Å². The van der Waals surface area contributed by atoms with Gasteiger partial charge in [-0.15, -0.1) is 0 Å². The molecule has 0 bridgehead atoms. The zero-order chi connectivity index (χ0) is 9.97. The van der Waals surface area contributed by atoms with E-state index in [0.29, 0.717) is 11.5 Å².